The average Bonchev–Trinajstić information content (AvgIpc) is 2.94. The average molecular weight is 270 g/mol. The lowest BCUT2D eigenvalue weighted by molar-refractivity contribution is -0.137. The van der Waals surface area contributed by atoms with Crippen LogP contribution >= 0.6 is 0 Å². The van der Waals surface area contributed by atoms with Gasteiger partial charge in [-0.15, -0.1) is 0 Å². The van der Waals surface area contributed by atoms with Crippen LogP contribution < -0.4 is 0 Å². The number of rotatable bonds is 2. The van der Waals surface area contributed by atoms with Crippen molar-refractivity contribution in [3.63, 3.8) is 0 Å². The molecule has 0 N–H and O–H groups in total. The number of benzene rings is 1. The van der Waals surface area contributed by atoms with Crippen molar-refractivity contribution in [3.8, 4) is 0 Å². The van der Waals surface area contributed by atoms with Gasteiger partial charge in [0.1, 0.15) is 0 Å². The Kier molecular flexibility index (Phi) is 3.23. The number of halogens is 3. The Morgan fingerprint density at radius 3 is 2.11 bits per heavy atom. The van der Waals surface area contributed by atoms with Gasteiger partial charge in [-0.25, -0.2) is 0 Å². The van der Waals surface area contributed by atoms with Crippen LogP contribution in [0.15, 0.2) is 18.2 Å². The lowest BCUT2D eigenvalue weighted by atomic mass is 9.77. The predicted octanol–water partition coefficient (Wildman–Crippen LogP) is 5.48. The highest BCUT2D eigenvalue weighted by Gasteiger charge is 2.48. The van der Waals surface area contributed by atoms with E-state index in [4.69, 9.17) is 0 Å². The lowest BCUT2D eigenvalue weighted by Crippen LogP contribution is -2.19. The smallest absolute Gasteiger partial charge is 0.166 e. The van der Waals surface area contributed by atoms with E-state index in [9.17, 15) is 13.2 Å². The van der Waals surface area contributed by atoms with Crippen LogP contribution in [-0.2, 0) is 11.6 Å². The fraction of sp³-hybridized carbons (Fsp3) is 0.625. The standard InChI is InChI=1S/C16H21F3/c1-11-5-6-12(16(17,18)19)9-13(11)15(7-8-15)10-14(2,3)4/h5-6,9H,7-8,10H2,1-4H3. The zero-order valence-corrected chi connectivity index (χ0v) is 12.0. The van der Waals surface area contributed by atoms with Gasteiger partial charge < -0.3 is 0 Å². The SMILES string of the molecule is Cc1ccc(C(F)(F)F)cc1C1(CC(C)(C)C)CC1. The summed E-state index contributed by atoms with van der Waals surface area (Å²) in [4.78, 5) is 0. The van der Waals surface area contributed by atoms with Gasteiger partial charge in [0, 0.05) is 0 Å². The maximum atomic E-state index is 12.8. The van der Waals surface area contributed by atoms with Crippen LogP contribution in [0, 0.1) is 12.3 Å². The Balaban J connectivity index is 2.40. The molecule has 0 amide bonds. The summed E-state index contributed by atoms with van der Waals surface area (Å²) in [5.41, 5.74) is 1.47. The van der Waals surface area contributed by atoms with E-state index in [2.05, 4.69) is 20.8 Å². The van der Waals surface area contributed by atoms with E-state index in [1.165, 1.54) is 12.1 Å². The molecular formula is C16H21F3. The van der Waals surface area contributed by atoms with Gasteiger partial charge in [0.2, 0.25) is 0 Å². The molecule has 2 rings (SSSR count). The Hall–Kier alpha value is -0.990. The minimum atomic E-state index is -4.25. The molecule has 1 saturated carbocycles. The molecular weight excluding hydrogens is 249 g/mol. The highest BCUT2D eigenvalue weighted by molar-refractivity contribution is 5.41. The fourth-order valence-electron chi connectivity index (χ4n) is 3.08. The molecule has 1 aromatic carbocycles. The van der Waals surface area contributed by atoms with Crippen LogP contribution in [0.25, 0.3) is 0 Å². The maximum absolute atomic E-state index is 12.8. The summed E-state index contributed by atoms with van der Waals surface area (Å²) in [6, 6.07) is 4.17. The third kappa shape index (κ3) is 3.13. The molecule has 1 aliphatic carbocycles. The third-order valence-corrected chi connectivity index (χ3v) is 3.86. The Morgan fingerprint density at radius 1 is 1.11 bits per heavy atom. The van der Waals surface area contributed by atoms with Crippen molar-refractivity contribution >= 4 is 0 Å². The van der Waals surface area contributed by atoms with Gasteiger partial charge in [0.25, 0.3) is 0 Å². The van der Waals surface area contributed by atoms with E-state index in [0.717, 1.165) is 30.4 Å². The second kappa shape index (κ2) is 4.26. The molecule has 0 unspecified atom stereocenters. The van der Waals surface area contributed by atoms with Crippen molar-refractivity contribution in [1.82, 2.24) is 0 Å². The van der Waals surface area contributed by atoms with Crippen molar-refractivity contribution < 1.29 is 13.2 Å². The van der Waals surface area contributed by atoms with Gasteiger partial charge in [0.15, 0.2) is 0 Å². The predicted molar refractivity (Wildman–Crippen MR) is 71.2 cm³/mol. The summed E-state index contributed by atoms with van der Waals surface area (Å²) >= 11 is 0. The molecule has 1 aromatic rings. The van der Waals surface area contributed by atoms with E-state index >= 15 is 0 Å². The summed E-state index contributed by atoms with van der Waals surface area (Å²) in [7, 11) is 0. The van der Waals surface area contributed by atoms with E-state index in [1.807, 2.05) is 6.92 Å². The second-order valence-corrected chi connectivity index (χ2v) is 7.05. The summed E-state index contributed by atoms with van der Waals surface area (Å²) in [5, 5.41) is 0. The first kappa shape index (κ1) is 14.4. The fourth-order valence-corrected chi connectivity index (χ4v) is 3.08. The minimum absolute atomic E-state index is 0.0242. The van der Waals surface area contributed by atoms with E-state index in [0.29, 0.717) is 0 Å². The monoisotopic (exact) mass is 270 g/mol. The summed E-state index contributed by atoms with van der Waals surface area (Å²) < 4.78 is 38.5. The molecule has 0 bridgehead atoms. The zero-order chi connectivity index (χ0) is 14.5. The van der Waals surface area contributed by atoms with Crippen molar-refractivity contribution in [1.29, 1.82) is 0 Å². The van der Waals surface area contributed by atoms with E-state index in [-0.39, 0.29) is 10.8 Å². The largest absolute Gasteiger partial charge is 0.416 e. The van der Waals surface area contributed by atoms with Crippen LogP contribution in [0.4, 0.5) is 13.2 Å². The summed E-state index contributed by atoms with van der Waals surface area (Å²) in [6.07, 6.45) is -1.29. The molecule has 19 heavy (non-hydrogen) atoms. The quantitative estimate of drug-likeness (QED) is 0.667. The van der Waals surface area contributed by atoms with Gasteiger partial charge in [-0.3, -0.25) is 0 Å². The molecule has 0 spiro atoms. The Morgan fingerprint density at radius 2 is 1.68 bits per heavy atom. The van der Waals surface area contributed by atoms with Gasteiger partial charge >= 0.3 is 6.18 Å². The molecule has 0 aliphatic heterocycles. The third-order valence-electron chi connectivity index (χ3n) is 3.86. The molecule has 0 atom stereocenters. The molecule has 0 aromatic heterocycles. The maximum Gasteiger partial charge on any atom is 0.416 e. The lowest BCUT2D eigenvalue weighted by Gasteiger charge is -2.28. The van der Waals surface area contributed by atoms with Crippen LogP contribution in [0.2, 0.25) is 0 Å². The number of hydrogen-bond donors (Lipinski definition) is 0. The van der Waals surface area contributed by atoms with E-state index in [1.54, 1.807) is 6.07 Å². The molecule has 106 valence electrons. The van der Waals surface area contributed by atoms with Gasteiger partial charge in [0.05, 0.1) is 5.56 Å². The van der Waals surface area contributed by atoms with Crippen molar-refractivity contribution in [3.05, 3.63) is 34.9 Å². The van der Waals surface area contributed by atoms with Crippen molar-refractivity contribution in [2.45, 2.75) is 58.5 Å². The Bertz CT molecular complexity index is 474. The molecule has 0 nitrogen and oxygen atoms in total. The van der Waals surface area contributed by atoms with Gasteiger partial charge in [-0.2, -0.15) is 13.2 Å². The Labute approximate surface area is 113 Å². The van der Waals surface area contributed by atoms with Crippen molar-refractivity contribution in [2.24, 2.45) is 5.41 Å². The molecule has 0 heterocycles. The number of aryl methyl sites for hydroxylation is 1. The molecule has 3 heteroatoms. The molecule has 0 saturated heterocycles. The minimum Gasteiger partial charge on any atom is -0.166 e. The summed E-state index contributed by atoms with van der Waals surface area (Å²) in [5.74, 6) is 0. The van der Waals surface area contributed by atoms with Crippen LogP contribution in [0.1, 0.15) is 56.7 Å². The second-order valence-electron chi connectivity index (χ2n) is 7.05. The van der Waals surface area contributed by atoms with Gasteiger partial charge in [-0.1, -0.05) is 26.8 Å². The van der Waals surface area contributed by atoms with Crippen LogP contribution in [0.3, 0.4) is 0 Å². The molecule has 0 radical (unpaired) electrons. The van der Waals surface area contributed by atoms with Gasteiger partial charge in [-0.05, 0) is 60.3 Å². The molecule has 1 aliphatic rings. The van der Waals surface area contributed by atoms with E-state index < -0.39 is 11.7 Å². The highest BCUT2D eigenvalue weighted by atomic mass is 19.4. The first-order valence-electron chi connectivity index (χ1n) is 6.72. The number of hydrogen-bond acceptors (Lipinski definition) is 0. The zero-order valence-electron chi connectivity index (χ0n) is 12.0. The van der Waals surface area contributed by atoms with Crippen molar-refractivity contribution in [2.75, 3.05) is 0 Å². The number of alkyl halides is 3. The molecule has 1 fully saturated rings. The summed E-state index contributed by atoms with van der Waals surface area (Å²) in [6.45, 7) is 8.36. The first-order chi connectivity index (χ1) is 8.54. The normalized spacial score (nSPS) is 18.5. The first-order valence-corrected chi connectivity index (χ1v) is 6.72. The highest BCUT2D eigenvalue weighted by Crippen LogP contribution is 2.56. The van der Waals surface area contributed by atoms with Crippen LogP contribution in [-0.4, -0.2) is 0 Å². The topological polar surface area (TPSA) is 0 Å². The van der Waals surface area contributed by atoms with Crippen LogP contribution in [0.5, 0.6) is 0 Å².